The molecule has 1 unspecified atom stereocenters. The normalized spacial score (nSPS) is 18.9. The Morgan fingerprint density at radius 1 is 1.56 bits per heavy atom. The zero-order valence-electron chi connectivity index (χ0n) is 9.96. The molecule has 6 heteroatoms. The lowest BCUT2D eigenvalue weighted by atomic mass is 10.1. The Hall–Kier alpha value is -1.56. The van der Waals surface area contributed by atoms with Gasteiger partial charge < -0.3 is 15.3 Å². The maximum absolute atomic E-state index is 11.8. The van der Waals surface area contributed by atoms with Crippen LogP contribution in [0.4, 0.5) is 4.79 Å². The third kappa shape index (κ3) is 3.46. The Kier molecular flexibility index (Phi) is 4.19. The smallest absolute Gasteiger partial charge is 0.317 e. The van der Waals surface area contributed by atoms with Crippen molar-refractivity contribution in [3.8, 4) is 0 Å². The summed E-state index contributed by atoms with van der Waals surface area (Å²) in [5.74, 6) is -0.699. The van der Waals surface area contributed by atoms with Crippen LogP contribution in [0, 0.1) is 5.92 Å². The van der Waals surface area contributed by atoms with E-state index in [4.69, 9.17) is 5.11 Å². The van der Waals surface area contributed by atoms with Crippen LogP contribution in [0.2, 0.25) is 0 Å². The van der Waals surface area contributed by atoms with Crippen molar-refractivity contribution in [1.29, 1.82) is 0 Å². The molecular formula is C12H16N2O3S. The monoisotopic (exact) mass is 268 g/mol. The number of thiophene rings is 1. The number of nitrogens with zero attached hydrogens (tertiary/aromatic N) is 1. The third-order valence-corrected chi connectivity index (χ3v) is 3.79. The van der Waals surface area contributed by atoms with Crippen LogP contribution in [-0.2, 0) is 11.3 Å². The summed E-state index contributed by atoms with van der Waals surface area (Å²) in [6.45, 7) is 1.72. The average Bonchev–Trinajstić information content (AvgIpc) is 2.95. The summed E-state index contributed by atoms with van der Waals surface area (Å²) < 4.78 is 0. The summed E-state index contributed by atoms with van der Waals surface area (Å²) in [4.78, 5) is 24.1. The maximum atomic E-state index is 11.8. The summed E-state index contributed by atoms with van der Waals surface area (Å²) in [6, 6.07) is 1.87. The van der Waals surface area contributed by atoms with Crippen molar-refractivity contribution in [3.63, 3.8) is 0 Å². The van der Waals surface area contributed by atoms with Crippen LogP contribution in [0.25, 0.3) is 0 Å². The van der Waals surface area contributed by atoms with Crippen molar-refractivity contribution >= 4 is 23.3 Å². The predicted octanol–water partition coefficient (Wildman–Crippen LogP) is 1.75. The predicted molar refractivity (Wildman–Crippen MR) is 68.5 cm³/mol. The molecule has 98 valence electrons. The van der Waals surface area contributed by atoms with E-state index >= 15 is 0 Å². The summed E-state index contributed by atoms with van der Waals surface area (Å²) in [7, 11) is 0. The van der Waals surface area contributed by atoms with E-state index in [1.54, 1.807) is 16.2 Å². The number of hydrogen-bond acceptors (Lipinski definition) is 3. The van der Waals surface area contributed by atoms with Crippen LogP contribution < -0.4 is 5.32 Å². The van der Waals surface area contributed by atoms with Crippen LogP contribution in [0.5, 0.6) is 0 Å². The lowest BCUT2D eigenvalue weighted by molar-refractivity contribution is -0.138. The van der Waals surface area contributed by atoms with Gasteiger partial charge in [0.2, 0.25) is 0 Å². The number of hydrogen-bond donors (Lipinski definition) is 2. The minimum Gasteiger partial charge on any atom is -0.481 e. The van der Waals surface area contributed by atoms with Gasteiger partial charge in [-0.15, -0.1) is 0 Å². The molecule has 0 radical (unpaired) electrons. The fraction of sp³-hybridized carbons (Fsp3) is 0.500. The number of carbonyl (C=O) groups excluding carboxylic acids is 1. The SMILES string of the molecule is O=C(O)CC1CCN(C(=O)NCc2ccsc2)C1. The Bertz CT molecular complexity index is 419. The van der Waals surface area contributed by atoms with Crippen molar-refractivity contribution in [2.75, 3.05) is 13.1 Å². The molecule has 1 aromatic rings. The first-order valence-electron chi connectivity index (χ1n) is 5.91. The minimum absolute atomic E-state index is 0.0920. The second kappa shape index (κ2) is 5.86. The molecule has 1 aromatic heterocycles. The summed E-state index contributed by atoms with van der Waals surface area (Å²) in [5, 5.41) is 15.5. The Morgan fingerprint density at radius 2 is 2.39 bits per heavy atom. The van der Waals surface area contributed by atoms with E-state index in [9.17, 15) is 9.59 Å². The van der Waals surface area contributed by atoms with E-state index in [1.807, 2.05) is 16.8 Å². The van der Waals surface area contributed by atoms with Gasteiger partial charge in [0.15, 0.2) is 0 Å². The lowest BCUT2D eigenvalue weighted by Gasteiger charge is -2.16. The Balaban J connectivity index is 1.75. The Morgan fingerprint density at radius 3 is 3.06 bits per heavy atom. The fourth-order valence-corrected chi connectivity index (χ4v) is 2.78. The third-order valence-electron chi connectivity index (χ3n) is 3.06. The molecule has 2 amide bonds. The molecule has 1 fully saturated rings. The van der Waals surface area contributed by atoms with E-state index < -0.39 is 5.97 Å². The molecule has 1 atom stereocenters. The van der Waals surface area contributed by atoms with Crippen molar-refractivity contribution in [3.05, 3.63) is 22.4 Å². The van der Waals surface area contributed by atoms with Crippen LogP contribution in [-0.4, -0.2) is 35.1 Å². The van der Waals surface area contributed by atoms with E-state index in [0.717, 1.165) is 12.0 Å². The molecule has 1 aliphatic rings. The van der Waals surface area contributed by atoms with Gasteiger partial charge >= 0.3 is 12.0 Å². The lowest BCUT2D eigenvalue weighted by Crippen LogP contribution is -2.38. The zero-order valence-corrected chi connectivity index (χ0v) is 10.8. The van der Waals surface area contributed by atoms with Gasteiger partial charge in [0.25, 0.3) is 0 Å². The number of rotatable bonds is 4. The molecule has 0 aliphatic carbocycles. The van der Waals surface area contributed by atoms with Crippen molar-refractivity contribution in [2.24, 2.45) is 5.92 Å². The molecule has 2 rings (SSSR count). The van der Waals surface area contributed by atoms with Gasteiger partial charge in [-0.2, -0.15) is 11.3 Å². The van der Waals surface area contributed by atoms with E-state index in [0.29, 0.717) is 19.6 Å². The highest BCUT2D eigenvalue weighted by atomic mass is 32.1. The molecule has 2 heterocycles. The number of nitrogens with one attached hydrogen (secondary N) is 1. The molecule has 0 bridgehead atoms. The minimum atomic E-state index is -0.791. The molecule has 5 nitrogen and oxygen atoms in total. The van der Waals surface area contributed by atoms with E-state index in [1.165, 1.54) is 0 Å². The molecule has 1 aliphatic heterocycles. The molecular weight excluding hydrogens is 252 g/mol. The van der Waals surface area contributed by atoms with E-state index in [2.05, 4.69) is 5.32 Å². The van der Waals surface area contributed by atoms with E-state index in [-0.39, 0.29) is 18.4 Å². The molecule has 0 spiro atoms. The van der Waals surface area contributed by atoms with Gasteiger partial charge in [-0.25, -0.2) is 4.79 Å². The highest BCUT2D eigenvalue weighted by Crippen LogP contribution is 2.19. The maximum Gasteiger partial charge on any atom is 0.317 e. The Labute approximate surface area is 109 Å². The largest absolute Gasteiger partial charge is 0.481 e. The van der Waals surface area contributed by atoms with Gasteiger partial charge in [-0.3, -0.25) is 4.79 Å². The number of carbonyl (C=O) groups is 2. The molecule has 18 heavy (non-hydrogen) atoms. The summed E-state index contributed by atoms with van der Waals surface area (Å²) in [5.41, 5.74) is 1.09. The quantitative estimate of drug-likeness (QED) is 0.874. The second-order valence-electron chi connectivity index (χ2n) is 4.49. The standard InChI is InChI=1S/C12H16N2O3S/c15-11(16)5-9-1-3-14(7-9)12(17)13-6-10-2-4-18-8-10/h2,4,8-9H,1,3,5-7H2,(H,13,17)(H,15,16). The highest BCUT2D eigenvalue weighted by Gasteiger charge is 2.27. The number of aliphatic carboxylic acids is 1. The summed E-state index contributed by atoms with van der Waals surface area (Å²) in [6.07, 6.45) is 0.923. The van der Waals surface area contributed by atoms with Gasteiger partial charge in [0, 0.05) is 26.1 Å². The van der Waals surface area contributed by atoms with Gasteiger partial charge in [-0.1, -0.05) is 0 Å². The molecule has 0 aromatic carbocycles. The topological polar surface area (TPSA) is 69.6 Å². The highest BCUT2D eigenvalue weighted by molar-refractivity contribution is 7.07. The van der Waals surface area contributed by atoms with Crippen molar-refractivity contribution in [2.45, 2.75) is 19.4 Å². The average molecular weight is 268 g/mol. The van der Waals surface area contributed by atoms with Crippen LogP contribution in [0.15, 0.2) is 16.8 Å². The first-order chi connectivity index (χ1) is 8.65. The number of likely N-dealkylation sites (tertiary alicyclic amines) is 1. The first-order valence-corrected chi connectivity index (χ1v) is 6.85. The molecule has 0 saturated carbocycles. The number of amides is 2. The molecule has 1 saturated heterocycles. The number of urea groups is 1. The zero-order chi connectivity index (χ0) is 13.0. The van der Waals surface area contributed by atoms with Crippen molar-refractivity contribution in [1.82, 2.24) is 10.2 Å². The van der Waals surface area contributed by atoms with Crippen LogP contribution in [0.1, 0.15) is 18.4 Å². The number of carboxylic acid groups (broad SMARTS) is 1. The van der Waals surface area contributed by atoms with Crippen LogP contribution >= 0.6 is 11.3 Å². The van der Waals surface area contributed by atoms with Crippen molar-refractivity contribution < 1.29 is 14.7 Å². The molecule has 2 N–H and O–H groups in total. The van der Waals surface area contributed by atoms with Gasteiger partial charge in [0.05, 0.1) is 0 Å². The van der Waals surface area contributed by atoms with Gasteiger partial charge in [0.1, 0.15) is 0 Å². The second-order valence-corrected chi connectivity index (χ2v) is 5.27. The van der Waals surface area contributed by atoms with Gasteiger partial charge in [-0.05, 0) is 34.7 Å². The van der Waals surface area contributed by atoms with Crippen LogP contribution in [0.3, 0.4) is 0 Å². The number of carboxylic acids is 1. The summed E-state index contributed by atoms with van der Waals surface area (Å²) >= 11 is 1.60. The first kappa shape index (κ1) is 12.9. The fourth-order valence-electron chi connectivity index (χ4n) is 2.11.